The lowest BCUT2D eigenvalue weighted by Crippen LogP contribution is -2.48. The molecule has 1 aliphatic rings. The first-order valence-corrected chi connectivity index (χ1v) is 8.83. The Morgan fingerprint density at radius 2 is 2.08 bits per heavy atom. The average Bonchev–Trinajstić information content (AvgIpc) is 2.64. The van der Waals surface area contributed by atoms with Gasteiger partial charge in [-0.25, -0.2) is 4.39 Å². The number of hydrogen-bond donors (Lipinski definition) is 2. The van der Waals surface area contributed by atoms with Gasteiger partial charge in [-0.15, -0.1) is 0 Å². The Labute approximate surface area is 166 Å². The fraction of sp³-hybridized carbons (Fsp3) is 0.579. The molecule has 0 unspecified atom stereocenters. The van der Waals surface area contributed by atoms with E-state index in [0.717, 1.165) is 12.1 Å². The van der Waals surface area contributed by atoms with E-state index in [-0.39, 0.29) is 29.6 Å². The minimum absolute atomic E-state index is 0.0573. The second-order valence-electron chi connectivity index (χ2n) is 6.99. The minimum Gasteiger partial charge on any atom is -0.352 e. The number of benzene rings is 1. The summed E-state index contributed by atoms with van der Waals surface area (Å²) in [5, 5.41) is 5.15. The van der Waals surface area contributed by atoms with Crippen molar-refractivity contribution in [1.82, 2.24) is 15.5 Å². The zero-order chi connectivity index (χ0) is 23.6. The molecule has 0 spiro atoms. The molecule has 1 aromatic rings. The number of hydrogen-bond acceptors (Lipinski definition) is 3. The SMILES string of the molecule is [2H]C([2H])(C(=O)NC(C)(C)C([2H])([2H])[2H])N1CCC(CNC(=O)c2cc(F)cc(Cl)c2)CC1. The van der Waals surface area contributed by atoms with E-state index >= 15 is 0 Å². The Morgan fingerprint density at radius 1 is 1.38 bits per heavy atom. The highest BCUT2D eigenvalue weighted by atomic mass is 35.5. The number of amides is 2. The van der Waals surface area contributed by atoms with Crippen molar-refractivity contribution in [2.24, 2.45) is 5.92 Å². The van der Waals surface area contributed by atoms with Gasteiger partial charge in [-0.2, -0.15) is 0 Å². The van der Waals surface area contributed by atoms with E-state index in [1.54, 1.807) is 0 Å². The largest absolute Gasteiger partial charge is 0.352 e. The summed E-state index contributed by atoms with van der Waals surface area (Å²) in [5.41, 5.74) is -1.45. The van der Waals surface area contributed by atoms with Crippen molar-refractivity contribution in [2.75, 3.05) is 26.1 Å². The molecule has 1 heterocycles. The fourth-order valence-corrected chi connectivity index (χ4v) is 2.95. The van der Waals surface area contributed by atoms with Crippen LogP contribution in [0, 0.1) is 11.7 Å². The maximum absolute atomic E-state index is 13.4. The standard InChI is InChI=1S/C19H27ClFN3O2/c1-19(2,3)23-17(25)12-24-6-4-13(5-7-24)11-22-18(26)14-8-15(20)10-16(21)9-14/h8-10,13H,4-7,11-12H2,1-3H3,(H,22,26)(H,23,25)/i1D3,12D2. The summed E-state index contributed by atoms with van der Waals surface area (Å²) in [6.45, 7) is -1.34. The molecule has 0 saturated carbocycles. The predicted molar refractivity (Wildman–Crippen MR) is 101 cm³/mol. The number of carbonyl (C=O) groups excluding carboxylic acids is 2. The Kier molecular flexibility index (Phi) is 4.89. The first-order chi connectivity index (χ1) is 14.1. The lowest BCUT2D eigenvalue weighted by Gasteiger charge is -2.32. The number of rotatable bonds is 5. The van der Waals surface area contributed by atoms with Crippen LogP contribution in [0.4, 0.5) is 4.39 Å². The van der Waals surface area contributed by atoms with Gasteiger partial charge in [0.15, 0.2) is 0 Å². The highest BCUT2D eigenvalue weighted by Crippen LogP contribution is 2.17. The van der Waals surface area contributed by atoms with Gasteiger partial charge in [0.2, 0.25) is 5.91 Å². The first kappa shape index (κ1) is 14.4. The number of carbonyl (C=O) groups is 2. The monoisotopic (exact) mass is 388 g/mol. The van der Waals surface area contributed by atoms with E-state index < -0.39 is 36.5 Å². The summed E-state index contributed by atoms with van der Waals surface area (Å²) >= 11 is 5.77. The van der Waals surface area contributed by atoms with E-state index in [4.69, 9.17) is 18.5 Å². The molecule has 1 fully saturated rings. The lowest BCUT2D eigenvalue weighted by atomic mass is 9.96. The van der Waals surface area contributed by atoms with Crippen molar-refractivity contribution in [3.63, 3.8) is 0 Å². The Hall–Kier alpha value is -1.66. The molecule has 2 amide bonds. The van der Waals surface area contributed by atoms with Gasteiger partial charge in [0.1, 0.15) is 5.82 Å². The van der Waals surface area contributed by atoms with Crippen molar-refractivity contribution in [3.05, 3.63) is 34.6 Å². The second kappa shape index (κ2) is 8.82. The van der Waals surface area contributed by atoms with Crippen molar-refractivity contribution in [2.45, 2.75) is 39.1 Å². The third-order valence-electron chi connectivity index (χ3n) is 3.98. The lowest BCUT2D eigenvalue weighted by molar-refractivity contribution is -0.124. The molecule has 0 aromatic heterocycles. The maximum atomic E-state index is 13.4. The first-order valence-electron chi connectivity index (χ1n) is 11.0. The van der Waals surface area contributed by atoms with Crippen molar-refractivity contribution < 1.29 is 20.8 Å². The molecule has 0 atom stereocenters. The van der Waals surface area contributed by atoms with Gasteiger partial charge in [-0.05, 0) is 70.7 Å². The molecule has 26 heavy (non-hydrogen) atoms. The molecule has 2 rings (SSSR count). The number of piperidine rings is 1. The van der Waals surface area contributed by atoms with E-state index in [1.165, 1.54) is 24.8 Å². The summed E-state index contributed by atoms with van der Waals surface area (Å²) < 4.78 is 52.2. The van der Waals surface area contributed by atoms with Gasteiger partial charge in [0.25, 0.3) is 5.91 Å². The average molecular weight is 389 g/mol. The van der Waals surface area contributed by atoms with Gasteiger partial charge in [-0.1, -0.05) is 11.6 Å². The van der Waals surface area contributed by atoms with E-state index in [2.05, 4.69) is 10.6 Å². The van der Waals surface area contributed by atoms with Crippen LogP contribution in [0.2, 0.25) is 5.02 Å². The maximum Gasteiger partial charge on any atom is 0.251 e. The van der Waals surface area contributed by atoms with Gasteiger partial charge < -0.3 is 10.6 Å². The highest BCUT2D eigenvalue weighted by Gasteiger charge is 2.23. The number of likely N-dealkylation sites (tertiary alicyclic amines) is 1. The number of nitrogens with zero attached hydrogens (tertiary/aromatic N) is 1. The van der Waals surface area contributed by atoms with Gasteiger partial charge in [0, 0.05) is 26.8 Å². The molecule has 1 aromatic carbocycles. The summed E-state index contributed by atoms with van der Waals surface area (Å²) in [6, 6.07) is 3.57. The number of nitrogens with one attached hydrogen (secondary N) is 2. The normalized spacial score (nSPS) is 20.2. The van der Waals surface area contributed by atoms with Crippen LogP contribution < -0.4 is 10.6 Å². The summed E-state index contributed by atoms with van der Waals surface area (Å²) in [6.07, 6.45) is 1.05. The van der Waals surface area contributed by atoms with Gasteiger partial charge in [0.05, 0.1) is 9.24 Å². The summed E-state index contributed by atoms with van der Waals surface area (Å²) in [5.74, 6) is -2.00. The van der Waals surface area contributed by atoms with Crippen LogP contribution in [0.25, 0.3) is 0 Å². The van der Waals surface area contributed by atoms with Crippen molar-refractivity contribution in [3.8, 4) is 0 Å². The molecule has 1 saturated heterocycles. The molecule has 2 N–H and O–H groups in total. The topological polar surface area (TPSA) is 61.4 Å². The Bertz CT molecular complexity index is 807. The zero-order valence-electron chi connectivity index (χ0n) is 19.9. The highest BCUT2D eigenvalue weighted by molar-refractivity contribution is 6.31. The van der Waals surface area contributed by atoms with E-state index in [1.807, 2.05) is 0 Å². The van der Waals surface area contributed by atoms with Crippen LogP contribution in [-0.2, 0) is 4.79 Å². The molecule has 7 heteroatoms. The van der Waals surface area contributed by atoms with Gasteiger partial charge in [-0.3, -0.25) is 14.5 Å². The predicted octanol–water partition coefficient (Wildman–Crippen LogP) is 2.84. The molecular weight excluding hydrogens is 357 g/mol. The minimum atomic E-state index is -2.48. The molecule has 1 aliphatic heterocycles. The second-order valence-corrected chi connectivity index (χ2v) is 7.43. The van der Waals surface area contributed by atoms with Crippen LogP contribution in [0.3, 0.4) is 0 Å². The number of halogens is 2. The molecule has 144 valence electrons. The molecular formula is C19H27ClFN3O2. The molecule has 0 bridgehead atoms. The van der Waals surface area contributed by atoms with Gasteiger partial charge >= 0.3 is 0 Å². The Balaban J connectivity index is 1.88. The van der Waals surface area contributed by atoms with E-state index in [9.17, 15) is 14.0 Å². The van der Waals surface area contributed by atoms with Crippen LogP contribution in [-0.4, -0.2) is 48.4 Å². The fourth-order valence-electron chi connectivity index (χ4n) is 2.73. The molecule has 0 aliphatic carbocycles. The van der Waals surface area contributed by atoms with Crippen molar-refractivity contribution in [1.29, 1.82) is 0 Å². The summed E-state index contributed by atoms with van der Waals surface area (Å²) in [7, 11) is 0. The molecule has 0 radical (unpaired) electrons. The quantitative estimate of drug-likeness (QED) is 0.815. The van der Waals surface area contributed by atoms with Crippen LogP contribution in [0.5, 0.6) is 0 Å². The van der Waals surface area contributed by atoms with Crippen molar-refractivity contribution >= 4 is 23.4 Å². The Morgan fingerprint density at radius 3 is 2.69 bits per heavy atom. The smallest absolute Gasteiger partial charge is 0.251 e. The van der Waals surface area contributed by atoms with E-state index in [0.29, 0.717) is 19.4 Å². The third kappa shape index (κ3) is 6.92. The zero-order valence-corrected chi connectivity index (χ0v) is 15.6. The van der Waals surface area contributed by atoms with Crippen LogP contribution in [0.1, 0.15) is 50.8 Å². The third-order valence-corrected chi connectivity index (χ3v) is 4.19. The summed E-state index contributed by atoms with van der Waals surface area (Å²) in [4.78, 5) is 26.0. The van der Waals surface area contributed by atoms with Crippen LogP contribution in [0.15, 0.2) is 18.2 Å². The van der Waals surface area contributed by atoms with Crippen LogP contribution >= 0.6 is 11.6 Å². The molecule has 5 nitrogen and oxygen atoms in total.